The van der Waals surface area contributed by atoms with E-state index in [1.807, 2.05) is 23.4 Å². The van der Waals surface area contributed by atoms with E-state index in [2.05, 4.69) is 23.6 Å². The van der Waals surface area contributed by atoms with Crippen molar-refractivity contribution in [2.45, 2.75) is 57.4 Å². The van der Waals surface area contributed by atoms with Crippen LogP contribution in [0.2, 0.25) is 0 Å². The van der Waals surface area contributed by atoms with Crippen LogP contribution in [0.1, 0.15) is 38.3 Å². The third-order valence-corrected chi connectivity index (χ3v) is 4.86. The molecule has 2 unspecified atom stereocenters. The van der Waals surface area contributed by atoms with Crippen molar-refractivity contribution in [2.24, 2.45) is 0 Å². The summed E-state index contributed by atoms with van der Waals surface area (Å²) in [6.45, 7) is 5.07. The van der Waals surface area contributed by atoms with Gasteiger partial charge in [0.1, 0.15) is 5.82 Å². The van der Waals surface area contributed by atoms with Crippen molar-refractivity contribution in [3.05, 3.63) is 5.69 Å². The molecule has 1 aliphatic rings. The van der Waals surface area contributed by atoms with Crippen molar-refractivity contribution in [2.75, 3.05) is 17.3 Å². The van der Waals surface area contributed by atoms with Crippen LogP contribution in [0.25, 0.3) is 0 Å². The van der Waals surface area contributed by atoms with Crippen LogP contribution in [0.3, 0.4) is 0 Å². The number of nitrogens with zero attached hydrogens (tertiary/aromatic N) is 2. The van der Waals surface area contributed by atoms with E-state index in [9.17, 15) is 0 Å². The summed E-state index contributed by atoms with van der Waals surface area (Å²) in [5.74, 6) is 1.03. The highest BCUT2D eigenvalue weighted by atomic mass is 32.2. The van der Waals surface area contributed by atoms with Gasteiger partial charge in [-0.15, -0.1) is 0 Å². The first-order chi connectivity index (χ1) is 8.67. The van der Waals surface area contributed by atoms with E-state index in [1.54, 1.807) is 0 Å². The van der Waals surface area contributed by atoms with Gasteiger partial charge in [0, 0.05) is 17.8 Å². The summed E-state index contributed by atoms with van der Waals surface area (Å²) in [7, 11) is 0. The molecular formula is C13H24N4S. The number of aryl methyl sites for hydroxylation is 2. The van der Waals surface area contributed by atoms with Gasteiger partial charge in [-0.05, 0) is 32.4 Å². The molecule has 1 heterocycles. The number of aromatic nitrogens is 2. The zero-order valence-electron chi connectivity index (χ0n) is 11.6. The van der Waals surface area contributed by atoms with Crippen LogP contribution in [0.4, 0.5) is 11.5 Å². The summed E-state index contributed by atoms with van der Waals surface area (Å²) in [5.41, 5.74) is 7.90. The number of thioether (sulfide) groups is 1. The molecule has 0 aromatic carbocycles. The fourth-order valence-electron chi connectivity index (χ4n) is 2.67. The minimum atomic E-state index is 0.536. The van der Waals surface area contributed by atoms with E-state index < -0.39 is 0 Å². The van der Waals surface area contributed by atoms with E-state index in [4.69, 9.17) is 5.73 Å². The molecule has 18 heavy (non-hydrogen) atoms. The maximum atomic E-state index is 6.15. The predicted molar refractivity (Wildman–Crippen MR) is 80.2 cm³/mol. The quantitative estimate of drug-likeness (QED) is 0.862. The smallest absolute Gasteiger partial charge is 0.148 e. The second kappa shape index (κ2) is 5.87. The first-order valence-electron chi connectivity index (χ1n) is 6.79. The van der Waals surface area contributed by atoms with Crippen LogP contribution in [0.5, 0.6) is 0 Å². The SMILES string of the molecule is CCCn1nc(C)c(N)c1NC1CCCC1SC. The lowest BCUT2D eigenvalue weighted by Crippen LogP contribution is -2.27. The molecule has 2 atom stereocenters. The molecular weight excluding hydrogens is 244 g/mol. The number of nitrogen functional groups attached to an aromatic ring is 1. The van der Waals surface area contributed by atoms with Crippen molar-refractivity contribution in [1.82, 2.24) is 9.78 Å². The molecule has 5 heteroatoms. The van der Waals surface area contributed by atoms with Crippen LogP contribution in [0, 0.1) is 6.92 Å². The van der Waals surface area contributed by atoms with Gasteiger partial charge in [-0.1, -0.05) is 13.3 Å². The second-order valence-corrected chi connectivity index (χ2v) is 6.10. The van der Waals surface area contributed by atoms with Gasteiger partial charge in [-0.25, -0.2) is 4.68 Å². The van der Waals surface area contributed by atoms with Crippen molar-refractivity contribution in [3.63, 3.8) is 0 Å². The van der Waals surface area contributed by atoms with Gasteiger partial charge in [-0.3, -0.25) is 0 Å². The van der Waals surface area contributed by atoms with Crippen molar-refractivity contribution < 1.29 is 0 Å². The number of nitrogens with one attached hydrogen (secondary N) is 1. The lowest BCUT2D eigenvalue weighted by atomic mass is 10.2. The molecule has 0 saturated heterocycles. The van der Waals surface area contributed by atoms with Gasteiger partial charge < -0.3 is 11.1 Å². The van der Waals surface area contributed by atoms with Crippen LogP contribution < -0.4 is 11.1 Å². The van der Waals surface area contributed by atoms with Gasteiger partial charge in [0.2, 0.25) is 0 Å². The standard InChI is InChI=1S/C13H24N4S/c1-4-8-17-13(12(14)9(2)16-17)15-10-6-5-7-11(10)18-3/h10-11,15H,4-8,14H2,1-3H3. The van der Waals surface area contributed by atoms with E-state index in [0.29, 0.717) is 11.3 Å². The summed E-state index contributed by atoms with van der Waals surface area (Å²) in [5, 5.41) is 8.86. The Morgan fingerprint density at radius 2 is 2.28 bits per heavy atom. The van der Waals surface area contributed by atoms with E-state index >= 15 is 0 Å². The van der Waals surface area contributed by atoms with Crippen molar-refractivity contribution in [1.29, 1.82) is 0 Å². The number of hydrogen-bond donors (Lipinski definition) is 2. The van der Waals surface area contributed by atoms with Crippen LogP contribution >= 0.6 is 11.8 Å². The van der Waals surface area contributed by atoms with Crippen molar-refractivity contribution in [3.8, 4) is 0 Å². The third-order valence-electron chi connectivity index (χ3n) is 3.69. The summed E-state index contributed by atoms with van der Waals surface area (Å²) in [6.07, 6.45) is 7.12. The van der Waals surface area contributed by atoms with Crippen LogP contribution in [-0.4, -0.2) is 27.3 Å². The zero-order valence-corrected chi connectivity index (χ0v) is 12.4. The summed E-state index contributed by atoms with van der Waals surface area (Å²) in [4.78, 5) is 0. The largest absolute Gasteiger partial charge is 0.394 e. The Bertz CT molecular complexity index is 402. The molecule has 1 aromatic rings. The molecule has 102 valence electrons. The number of rotatable bonds is 5. The summed E-state index contributed by atoms with van der Waals surface area (Å²) in [6, 6.07) is 0.536. The fraction of sp³-hybridized carbons (Fsp3) is 0.769. The van der Waals surface area contributed by atoms with Gasteiger partial charge >= 0.3 is 0 Å². The highest BCUT2D eigenvalue weighted by molar-refractivity contribution is 7.99. The Balaban J connectivity index is 2.17. The molecule has 0 aliphatic heterocycles. The Hall–Kier alpha value is -0.840. The lowest BCUT2D eigenvalue weighted by Gasteiger charge is -2.21. The second-order valence-electron chi connectivity index (χ2n) is 5.03. The molecule has 1 fully saturated rings. The Morgan fingerprint density at radius 3 is 2.94 bits per heavy atom. The van der Waals surface area contributed by atoms with E-state index in [1.165, 1.54) is 19.3 Å². The molecule has 2 rings (SSSR count). The molecule has 4 nitrogen and oxygen atoms in total. The van der Waals surface area contributed by atoms with Gasteiger partial charge in [0.15, 0.2) is 0 Å². The third kappa shape index (κ3) is 2.60. The first kappa shape index (κ1) is 13.6. The summed E-state index contributed by atoms with van der Waals surface area (Å²) < 4.78 is 2.03. The molecule has 0 radical (unpaired) electrons. The number of anilines is 2. The minimum Gasteiger partial charge on any atom is -0.394 e. The molecule has 1 saturated carbocycles. The number of nitrogens with two attached hydrogens (primary N) is 1. The molecule has 0 bridgehead atoms. The van der Waals surface area contributed by atoms with E-state index in [-0.39, 0.29) is 0 Å². The Labute approximate surface area is 114 Å². The average Bonchev–Trinajstić information content (AvgIpc) is 2.90. The lowest BCUT2D eigenvalue weighted by molar-refractivity contribution is 0.596. The maximum Gasteiger partial charge on any atom is 0.148 e. The minimum absolute atomic E-state index is 0.536. The Morgan fingerprint density at radius 1 is 1.50 bits per heavy atom. The predicted octanol–water partition coefficient (Wildman–Crippen LogP) is 2.88. The molecule has 3 N–H and O–H groups in total. The maximum absolute atomic E-state index is 6.15. The molecule has 1 aliphatic carbocycles. The summed E-state index contributed by atoms with van der Waals surface area (Å²) >= 11 is 1.96. The van der Waals surface area contributed by atoms with E-state index in [0.717, 1.165) is 30.2 Å². The Kier molecular flexibility index (Phi) is 4.43. The highest BCUT2D eigenvalue weighted by Crippen LogP contribution is 2.33. The van der Waals surface area contributed by atoms with Crippen LogP contribution in [-0.2, 0) is 6.54 Å². The van der Waals surface area contributed by atoms with Crippen molar-refractivity contribution >= 4 is 23.3 Å². The highest BCUT2D eigenvalue weighted by Gasteiger charge is 2.28. The normalized spacial score (nSPS) is 23.5. The molecule has 1 aromatic heterocycles. The zero-order chi connectivity index (χ0) is 13.1. The average molecular weight is 268 g/mol. The fourth-order valence-corrected chi connectivity index (χ4v) is 3.61. The van der Waals surface area contributed by atoms with Gasteiger partial charge in [0.05, 0.1) is 11.4 Å². The van der Waals surface area contributed by atoms with Gasteiger partial charge in [0.25, 0.3) is 0 Å². The van der Waals surface area contributed by atoms with Crippen LogP contribution in [0.15, 0.2) is 0 Å². The monoisotopic (exact) mass is 268 g/mol. The molecule has 0 spiro atoms. The first-order valence-corrected chi connectivity index (χ1v) is 8.08. The van der Waals surface area contributed by atoms with Gasteiger partial charge in [-0.2, -0.15) is 16.9 Å². The topological polar surface area (TPSA) is 55.9 Å². The number of hydrogen-bond acceptors (Lipinski definition) is 4. The molecule has 0 amide bonds.